The monoisotopic (exact) mass is 460 g/mol. The highest BCUT2D eigenvalue weighted by molar-refractivity contribution is 6.30. The molecule has 0 radical (unpaired) electrons. The summed E-state index contributed by atoms with van der Waals surface area (Å²) in [5, 5.41) is 10.4. The zero-order chi connectivity index (χ0) is 23.3. The highest BCUT2D eigenvalue weighted by Crippen LogP contribution is 2.22. The van der Waals surface area contributed by atoms with E-state index in [-0.39, 0.29) is 30.2 Å². The maximum atomic E-state index is 13.2. The molecule has 2 atom stereocenters. The summed E-state index contributed by atoms with van der Waals surface area (Å²) < 4.78 is 1.60. The molecule has 0 saturated carbocycles. The molecule has 9 nitrogen and oxygen atoms in total. The number of likely N-dealkylation sites (tertiary alicyclic amines) is 1. The summed E-state index contributed by atoms with van der Waals surface area (Å²) in [5.74, 6) is -0.474. The molecule has 1 saturated heterocycles. The maximum Gasteiger partial charge on any atom is 0.245 e. The van der Waals surface area contributed by atoms with Gasteiger partial charge in [0.25, 0.3) is 0 Å². The molecule has 1 aromatic heterocycles. The van der Waals surface area contributed by atoms with E-state index in [4.69, 9.17) is 11.6 Å². The van der Waals surface area contributed by atoms with Crippen molar-refractivity contribution in [1.82, 2.24) is 30.3 Å². The van der Waals surface area contributed by atoms with E-state index in [9.17, 15) is 14.4 Å². The summed E-state index contributed by atoms with van der Waals surface area (Å²) >= 11 is 6.16. The summed E-state index contributed by atoms with van der Waals surface area (Å²) in [7, 11) is 0. The van der Waals surface area contributed by atoms with Crippen LogP contribution in [0.1, 0.15) is 45.6 Å². The van der Waals surface area contributed by atoms with Crippen molar-refractivity contribution in [2.45, 2.75) is 58.7 Å². The minimum absolute atomic E-state index is 0.211. The van der Waals surface area contributed by atoms with E-state index in [1.165, 1.54) is 13.3 Å². The minimum Gasteiger partial charge on any atom is -0.350 e. The molecular weight excluding hydrogens is 432 g/mol. The Kier molecular flexibility index (Phi) is 7.84. The van der Waals surface area contributed by atoms with Crippen molar-refractivity contribution >= 4 is 29.3 Å². The topological polar surface area (TPSA) is 109 Å². The minimum atomic E-state index is -0.632. The summed E-state index contributed by atoms with van der Waals surface area (Å²) in [4.78, 5) is 43.3. The van der Waals surface area contributed by atoms with Crippen molar-refractivity contribution < 1.29 is 14.4 Å². The molecule has 1 fully saturated rings. The lowest BCUT2D eigenvalue weighted by atomic mass is 10.0. The molecule has 2 aromatic rings. The number of rotatable bonds is 8. The smallest absolute Gasteiger partial charge is 0.245 e. The lowest BCUT2D eigenvalue weighted by Crippen LogP contribution is -2.53. The van der Waals surface area contributed by atoms with Crippen molar-refractivity contribution in [3.8, 4) is 5.69 Å². The van der Waals surface area contributed by atoms with Gasteiger partial charge in [-0.1, -0.05) is 25.4 Å². The second-order valence-corrected chi connectivity index (χ2v) is 8.84. The fraction of sp³-hybridized carbons (Fsp3) is 0.500. The molecule has 32 heavy (non-hydrogen) atoms. The van der Waals surface area contributed by atoms with Crippen LogP contribution in [0.5, 0.6) is 0 Å². The zero-order valence-corrected chi connectivity index (χ0v) is 19.3. The van der Waals surface area contributed by atoms with E-state index in [2.05, 4.69) is 20.7 Å². The molecule has 0 unspecified atom stereocenters. The van der Waals surface area contributed by atoms with E-state index in [0.717, 1.165) is 17.7 Å². The first-order valence-corrected chi connectivity index (χ1v) is 11.1. The molecule has 2 heterocycles. The average molecular weight is 461 g/mol. The third-order valence-electron chi connectivity index (χ3n) is 5.38. The Labute approximate surface area is 192 Å². The van der Waals surface area contributed by atoms with Gasteiger partial charge in [-0.05, 0) is 48.9 Å². The number of carbonyl (C=O) groups excluding carboxylic acids is 3. The van der Waals surface area contributed by atoms with Crippen LogP contribution < -0.4 is 10.6 Å². The van der Waals surface area contributed by atoms with Crippen LogP contribution in [-0.4, -0.2) is 56.0 Å². The zero-order valence-electron chi connectivity index (χ0n) is 18.5. The molecule has 2 N–H and O–H groups in total. The van der Waals surface area contributed by atoms with Gasteiger partial charge in [0.05, 0.1) is 5.69 Å². The third-order valence-corrected chi connectivity index (χ3v) is 5.62. The van der Waals surface area contributed by atoms with Gasteiger partial charge in [0.15, 0.2) is 0 Å². The summed E-state index contributed by atoms with van der Waals surface area (Å²) in [6.07, 6.45) is 4.84. The van der Waals surface area contributed by atoms with E-state index >= 15 is 0 Å². The highest BCUT2D eigenvalue weighted by atomic mass is 35.5. The molecule has 3 amide bonds. The van der Waals surface area contributed by atoms with E-state index in [0.29, 0.717) is 24.4 Å². The van der Waals surface area contributed by atoms with Crippen LogP contribution >= 0.6 is 11.6 Å². The first kappa shape index (κ1) is 23.7. The predicted molar refractivity (Wildman–Crippen MR) is 120 cm³/mol. The summed E-state index contributed by atoms with van der Waals surface area (Å²) in [6, 6.07) is 4.13. The van der Waals surface area contributed by atoms with Crippen molar-refractivity contribution in [2.24, 2.45) is 5.92 Å². The Morgan fingerprint density at radius 1 is 1.28 bits per heavy atom. The summed E-state index contributed by atoms with van der Waals surface area (Å²) in [6.45, 7) is 6.11. The molecule has 0 bridgehead atoms. The molecule has 0 aliphatic carbocycles. The maximum absolute atomic E-state index is 13.2. The van der Waals surface area contributed by atoms with Gasteiger partial charge in [-0.25, -0.2) is 9.67 Å². The van der Waals surface area contributed by atoms with E-state index in [1.807, 2.05) is 19.9 Å². The number of amides is 3. The SMILES string of the molecule is CC(=O)N[C@@H](CC(C)C)C(=O)N1CCC[C@H]1C(=O)NCc1cc(Cl)ccc1-n1cncn1. The van der Waals surface area contributed by atoms with Crippen molar-refractivity contribution in [2.75, 3.05) is 6.54 Å². The first-order chi connectivity index (χ1) is 15.3. The summed E-state index contributed by atoms with van der Waals surface area (Å²) in [5.41, 5.74) is 1.54. The van der Waals surface area contributed by atoms with Gasteiger partial charge >= 0.3 is 0 Å². The normalized spacial score (nSPS) is 16.8. The van der Waals surface area contributed by atoms with Gasteiger partial charge < -0.3 is 15.5 Å². The Balaban J connectivity index is 1.70. The first-order valence-electron chi connectivity index (χ1n) is 10.7. The number of benzene rings is 1. The third kappa shape index (κ3) is 5.85. The van der Waals surface area contributed by atoms with Gasteiger partial charge in [-0.3, -0.25) is 14.4 Å². The Morgan fingerprint density at radius 2 is 2.06 bits per heavy atom. The molecule has 1 aliphatic heterocycles. The molecule has 172 valence electrons. The van der Waals surface area contributed by atoms with Crippen LogP contribution in [0.3, 0.4) is 0 Å². The number of carbonyl (C=O) groups is 3. The number of nitrogens with zero attached hydrogens (tertiary/aromatic N) is 4. The molecule has 0 spiro atoms. The van der Waals surface area contributed by atoms with Crippen LogP contribution in [0, 0.1) is 5.92 Å². The van der Waals surface area contributed by atoms with Crippen LogP contribution in [-0.2, 0) is 20.9 Å². The largest absolute Gasteiger partial charge is 0.350 e. The molecular formula is C22H29ClN6O3. The number of halogens is 1. The van der Waals surface area contributed by atoms with Crippen molar-refractivity contribution in [1.29, 1.82) is 0 Å². The number of hydrogen-bond acceptors (Lipinski definition) is 5. The van der Waals surface area contributed by atoms with Crippen LogP contribution in [0.2, 0.25) is 5.02 Å². The average Bonchev–Trinajstić information content (AvgIpc) is 3.42. The highest BCUT2D eigenvalue weighted by Gasteiger charge is 2.37. The second-order valence-electron chi connectivity index (χ2n) is 8.40. The molecule has 3 rings (SSSR count). The van der Waals surface area contributed by atoms with Crippen LogP contribution in [0.4, 0.5) is 0 Å². The van der Waals surface area contributed by atoms with E-state index in [1.54, 1.807) is 28.0 Å². The Morgan fingerprint density at radius 3 is 2.72 bits per heavy atom. The molecule has 1 aromatic carbocycles. The molecule has 10 heteroatoms. The lowest BCUT2D eigenvalue weighted by Gasteiger charge is -2.29. The number of aromatic nitrogens is 3. The van der Waals surface area contributed by atoms with Gasteiger partial charge in [-0.2, -0.15) is 5.10 Å². The van der Waals surface area contributed by atoms with E-state index < -0.39 is 12.1 Å². The quantitative estimate of drug-likeness (QED) is 0.626. The number of nitrogens with one attached hydrogen (secondary N) is 2. The fourth-order valence-corrected chi connectivity index (χ4v) is 4.19. The Bertz CT molecular complexity index is 963. The van der Waals surface area contributed by atoms with Gasteiger partial charge in [-0.15, -0.1) is 0 Å². The van der Waals surface area contributed by atoms with Crippen molar-refractivity contribution in [3.05, 3.63) is 41.4 Å². The fourth-order valence-electron chi connectivity index (χ4n) is 3.99. The Hall–Kier alpha value is -2.94. The lowest BCUT2D eigenvalue weighted by molar-refractivity contribution is -0.141. The van der Waals surface area contributed by atoms with Gasteiger partial charge in [0, 0.05) is 25.0 Å². The van der Waals surface area contributed by atoms with Gasteiger partial charge in [0.1, 0.15) is 24.7 Å². The number of hydrogen-bond donors (Lipinski definition) is 2. The second kappa shape index (κ2) is 10.6. The van der Waals surface area contributed by atoms with Crippen LogP contribution in [0.25, 0.3) is 5.69 Å². The van der Waals surface area contributed by atoms with Gasteiger partial charge in [0.2, 0.25) is 17.7 Å². The van der Waals surface area contributed by atoms with Crippen molar-refractivity contribution in [3.63, 3.8) is 0 Å². The molecule has 1 aliphatic rings. The predicted octanol–water partition coefficient (Wildman–Crippen LogP) is 2.08. The standard InChI is InChI=1S/C22H29ClN6O3/c1-14(2)9-18(27-15(3)30)22(32)28-8-4-5-20(28)21(31)25-11-16-10-17(23)6-7-19(16)29-13-24-12-26-29/h6-7,10,12-14,18,20H,4-5,8-9,11H2,1-3H3,(H,25,31)(H,27,30)/t18-,20-/m0/s1. The van der Waals surface area contributed by atoms with Crippen LogP contribution in [0.15, 0.2) is 30.9 Å².